The van der Waals surface area contributed by atoms with E-state index in [4.69, 9.17) is 4.74 Å². The maximum absolute atomic E-state index is 12.2. The minimum absolute atomic E-state index is 0.0141. The number of para-hydroxylation sites is 1. The molecule has 132 valence electrons. The van der Waals surface area contributed by atoms with Crippen molar-refractivity contribution in [1.29, 1.82) is 0 Å². The highest BCUT2D eigenvalue weighted by Crippen LogP contribution is 2.21. The summed E-state index contributed by atoms with van der Waals surface area (Å²) in [6, 6.07) is 12.4. The van der Waals surface area contributed by atoms with Gasteiger partial charge in [0, 0.05) is 10.5 Å². The average molecular weight is 405 g/mol. The summed E-state index contributed by atoms with van der Waals surface area (Å²) in [6.07, 6.45) is 0. The molecule has 0 saturated carbocycles. The van der Waals surface area contributed by atoms with Gasteiger partial charge < -0.3 is 15.4 Å². The molecule has 0 aromatic heterocycles. The molecule has 2 aromatic rings. The van der Waals surface area contributed by atoms with Crippen molar-refractivity contribution in [1.82, 2.24) is 5.32 Å². The van der Waals surface area contributed by atoms with E-state index in [1.54, 1.807) is 30.3 Å². The lowest BCUT2D eigenvalue weighted by molar-refractivity contribution is -0.118. The summed E-state index contributed by atoms with van der Waals surface area (Å²) >= 11 is 3.42. The van der Waals surface area contributed by atoms with Gasteiger partial charge in [0.15, 0.2) is 6.61 Å². The van der Waals surface area contributed by atoms with Gasteiger partial charge in [-0.1, -0.05) is 28.1 Å². The number of halogens is 1. The van der Waals surface area contributed by atoms with Gasteiger partial charge in [0.2, 0.25) is 0 Å². The highest BCUT2D eigenvalue weighted by molar-refractivity contribution is 9.10. The first-order valence-corrected chi connectivity index (χ1v) is 8.75. The molecule has 2 amide bonds. The molecular weight excluding hydrogens is 384 g/mol. The molecule has 6 heteroatoms. The highest BCUT2D eigenvalue weighted by atomic mass is 79.9. The lowest BCUT2D eigenvalue weighted by Crippen LogP contribution is -2.31. The molecule has 25 heavy (non-hydrogen) atoms. The van der Waals surface area contributed by atoms with E-state index in [0.717, 1.165) is 10.0 Å². The number of rotatable bonds is 6. The van der Waals surface area contributed by atoms with Crippen LogP contribution in [0.4, 0.5) is 5.69 Å². The molecule has 0 unspecified atom stereocenters. The standard InChI is InChI=1S/C19H21BrN2O3/c1-12(2)21-19(24)15-6-4-5-7-17(15)22-18(23)11-25-14-8-9-16(20)13(3)10-14/h4-10,12H,11H2,1-3H3,(H,21,24)(H,22,23). The lowest BCUT2D eigenvalue weighted by atomic mass is 10.1. The number of amides is 2. The number of ether oxygens (including phenoxy) is 1. The van der Waals surface area contributed by atoms with Crippen molar-refractivity contribution in [2.75, 3.05) is 11.9 Å². The third-order valence-corrected chi connectivity index (χ3v) is 4.25. The molecule has 2 aromatic carbocycles. The Morgan fingerprint density at radius 2 is 1.88 bits per heavy atom. The molecule has 0 aliphatic carbocycles. The predicted molar refractivity (Wildman–Crippen MR) is 102 cm³/mol. The quantitative estimate of drug-likeness (QED) is 0.766. The monoisotopic (exact) mass is 404 g/mol. The molecular formula is C19H21BrN2O3. The summed E-state index contributed by atoms with van der Waals surface area (Å²) in [5.74, 6) is 0.0578. The van der Waals surface area contributed by atoms with Crippen LogP contribution >= 0.6 is 15.9 Å². The van der Waals surface area contributed by atoms with Crippen LogP contribution in [-0.2, 0) is 4.79 Å². The zero-order chi connectivity index (χ0) is 18.4. The maximum atomic E-state index is 12.2. The van der Waals surface area contributed by atoms with Crippen LogP contribution in [0.15, 0.2) is 46.9 Å². The Hall–Kier alpha value is -2.34. The second-order valence-corrected chi connectivity index (χ2v) is 6.78. The fourth-order valence-electron chi connectivity index (χ4n) is 2.17. The van der Waals surface area contributed by atoms with E-state index < -0.39 is 0 Å². The van der Waals surface area contributed by atoms with E-state index in [1.165, 1.54) is 0 Å². The predicted octanol–water partition coefficient (Wildman–Crippen LogP) is 3.91. The van der Waals surface area contributed by atoms with Crippen molar-refractivity contribution >= 4 is 33.4 Å². The van der Waals surface area contributed by atoms with Gasteiger partial charge in [-0.25, -0.2) is 0 Å². The van der Waals surface area contributed by atoms with Gasteiger partial charge in [-0.2, -0.15) is 0 Å². The van der Waals surface area contributed by atoms with E-state index in [9.17, 15) is 9.59 Å². The third kappa shape index (κ3) is 5.60. The molecule has 5 nitrogen and oxygen atoms in total. The van der Waals surface area contributed by atoms with Crippen LogP contribution in [0.1, 0.15) is 29.8 Å². The molecule has 0 heterocycles. The van der Waals surface area contributed by atoms with Crippen molar-refractivity contribution in [3.05, 3.63) is 58.1 Å². The van der Waals surface area contributed by atoms with Gasteiger partial charge in [0.1, 0.15) is 5.75 Å². The van der Waals surface area contributed by atoms with E-state index in [1.807, 2.05) is 32.9 Å². The Balaban J connectivity index is 2.00. The van der Waals surface area contributed by atoms with Crippen molar-refractivity contribution < 1.29 is 14.3 Å². The van der Waals surface area contributed by atoms with Crippen LogP contribution in [0.5, 0.6) is 5.75 Å². The summed E-state index contributed by atoms with van der Waals surface area (Å²) in [4.78, 5) is 24.4. The summed E-state index contributed by atoms with van der Waals surface area (Å²) in [5.41, 5.74) is 1.90. The number of carbonyl (C=O) groups excluding carboxylic acids is 2. The highest BCUT2D eigenvalue weighted by Gasteiger charge is 2.14. The smallest absolute Gasteiger partial charge is 0.262 e. The molecule has 0 saturated heterocycles. The van der Waals surface area contributed by atoms with Gasteiger partial charge in [0.05, 0.1) is 11.3 Å². The van der Waals surface area contributed by atoms with Crippen LogP contribution in [-0.4, -0.2) is 24.5 Å². The first-order valence-electron chi connectivity index (χ1n) is 7.95. The van der Waals surface area contributed by atoms with Gasteiger partial charge in [-0.3, -0.25) is 9.59 Å². The molecule has 0 radical (unpaired) electrons. The number of anilines is 1. The van der Waals surface area contributed by atoms with Crippen LogP contribution in [0.3, 0.4) is 0 Å². The number of aryl methyl sites for hydroxylation is 1. The Bertz CT molecular complexity index is 775. The Labute approximate surface area is 155 Å². The average Bonchev–Trinajstić information content (AvgIpc) is 2.56. The Morgan fingerprint density at radius 1 is 1.16 bits per heavy atom. The van der Waals surface area contributed by atoms with Crippen LogP contribution in [0.25, 0.3) is 0 Å². The molecule has 2 N–H and O–H groups in total. The zero-order valence-electron chi connectivity index (χ0n) is 14.4. The number of nitrogens with one attached hydrogen (secondary N) is 2. The van der Waals surface area contributed by atoms with E-state index >= 15 is 0 Å². The topological polar surface area (TPSA) is 67.4 Å². The SMILES string of the molecule is Cc1cc(OCC(=O)Nc2ccccc2C(=O)NC(C)C)ccc1Br. The Kier molecular flexibility index (Phi) is 6.58. The minimum Gasteiger partial charge on any atom is -0.484 e. The normalized spacial score (nSPS) is 10.4. The second-order valence-electron chi connectivity index (χ2n) is 5.92. The first-order chi connectivity index (χ1) is 11.9. The number of hydrogen-bond acceptors (Lipinski definition) is 3. The van der Waals surface area contributed by atoms with Crippen LogP contribution < -0.4 is 15.4 Å². The maximum Gasteiger partial charge on any atom is 0.262 e. The van der Waals surface area contributed by atoms with Crippen molar-refractivity contribution in [3.63, 3.8) is 0 Å². The second kappa shape index (κ2) is 8.67. The lowest BCUT2D eigenvalue weighted by Gasteiger charge is -2.13. The molecule has 0 spiro atoms. The fraction of sp³-hybridized carbons (Fsp3) is 0.263. The van der Waals surface area contributed by atoms with Gasteiger partial charge in [0.25, 0.3) is 11.8 Å². The van der Waals surface area contributed by atoms with Crippen molar-refractivity contribution in [2.45, 2.75) is 26.8 Å². The molecule has 2 rings (SSSR count). The van der Waals surface area contributed by atoms with Crippen molar-refractivity contribution in [2.24, 2.45) is 0 Å². The summed E-state index contributed by atoms with van der Waals surface area (Å²) in [7, 11) is 0. The van der Waals surface area contributed by atoms with E-state index in [2.05, 4.69) is 26.6 Å². The molecule has 0 aliphatic rings. The molecule has 0 atom stereocenters. The summed E-state index contributed by atoms with van der Waals surface area (Å²) in [6.45, 7) is 5.57. The molecule has 0 fully saturated rings. The zero-order valence-corrected chi connectivity index (χ0v) is 16.0. The van der Waals surface area contributed by atoms with Crippen LogP contribution in [0.2, 0.25) is 0 Å². The van der Waals surface area contributed by atoms with Gasteiger partial charge >= 0.3 is 0 Å². The van der Waals surface area contributed by atoms with E-state index in [-0.39, 0.29) is 24.5 Å². The third-order valence-electron chi connectivity index (χ3n) is 3.36. The number of carbonyl (C=O) groups is 2. The van der Waals surface area contributed by atoms with E-state index in [0.29, 0.717) is 17.0 Å². The van der Waals surface area contributed by atoms with Crippen LogP contribution in [0, 0.1) is 6.92 Å². The summed E-state index contributed by atoms with van der Waals surface area (Å²) in [5, 5.41) is 5.54. The summed E-state index contributed by atoms with van der Waals surface area (Å²) < 4.78 is 6.49. The van der Waals surface area contributed by atoms with Crippen molar-refractivity contribution in [3.8, 4) is 5.75 Å². The fourth-order valence-corrected chi connectivity index (χ4v) is 2.42. The number of benzene rings is 2. The number of hydrogen-bond donors (Lipinski definition) is 2. The van der Waals surface area contributed by atoms with Gasteiger partial charge in [-0.15, -0.1) is 0 Å². The largest absolute Gasteiger partial charge is 0.484 e. The Morgan fingerprint density at radius 3 is 2.56 bits per heavy atom. The molecule has 0 aliphatic heterocycles. The molecule has 0 bridgehead atoms. The van der Waals surface area contributed by atoms with Gasteiger partial charge in [-0.05, 0) is 56.7 Å². The minimum atomic E-state index is -0.328. The first kappa shape index (κ1) is 19.0.